The van der Waals surface area contributed by atoms with Gasteiger partial charge in [0, 0.05) is 11.6 Å². The first-order valence-electron chi connectivity index (χ1n) is 12.2. The van der Waals surface area contributed by atoms with E-state index in [4.69, 9.17) is 4.74 Å². The van der Waals surface area contributed by atoms with Crippen LogP contribution in [0.3, 0.4) is 0 Å². The predicted octanol–water partition coefficient (Wildman–Crippen LogP) is 5.19. The van der Waals surface area contributed by atoms with Crippen LogP contribution in [0.15, 0.2) is 18.2 Å². The summed E-state index contributed by atoms with van der Waals surface area (Å²) in [6.45, 7) is 20.6. The van der Waals surface area contributed by atoms with Gasteiger partial charge in [-0.1, -0.05) is 37.1 Å². The second-order valence-electron chi connectivity index (χ2n) is 11.2. The number of hydrogen-bond acceptors (Lipinski definition) is 4. The molecule has 1 aromatic rings. The molecular formula is C27H45N3O4. The first kappa shape index (κ1) is 29.5. The summed E-state index contributed by atoms with van der Waals surface area (Å²) in [4.78, 5) is 41.4. The van der Waals surface area contributed by atoms with Crippen molar-refractivity contribution < 1.29 is 19.1 Å². The molecule has 0 radical (unpaired) electrons. The van der Waals surface area contributed by atoms with Crippen LogP contribution < -0.4 is 10.6 Å². The van der Waals surface area contributed by atoms with Crippen LogP contribution in [0.1, 0.15) is 97.9 Å². The van der Waals surface area contributed by atoms with E-state index in [9.17, 15) is 14.4 Å². The van der Waals surface area contributed by atoms with E-state index in [-0.39, 0.29) is 17.9 Å². The van der Waals surface area contributed by atoms with Crippen molar-refractivity contribution in [3.8, 4) is 0 Å². The highest BCUT2D eigenvalue weighted by Gasteiger charge is 2.41. The lowest BCUT2D eigenvalue weighted by atomic mass is 9.92. The van der Waals surface area contributed by atoms with E-state index in [2.05, 4.69) is 17.6 Å². The van der Waals surface area contributed by atoms with Crippen LogP contribution in [-0.4, -0.2) is 46.0 Å². The molecule has 2 N–H and O–H groups in total. The Hall–Kier alpha value is -2.57. The van der Waals surface area contributed by atoms with Gasteiger partial charge >= 0.3 is 6.09 Å². The summed E-state index contributed by atoms with van der Waals surface area (Å²) in [5.74, 6) is -0.595. The van der Waals surface area contributed by atoms with Gasteiger partial charge in [0.2, 0.25) is 11.8 Å². The highest BCUT2D eigenvalue weighted by atomic mass is 16.6. The Kier molecular flexibility index (Phi) is 10.2. The maximum Gasteiger partial charge on any atom is 0.408 e. The maximum absolute atomic E-state index is 13.8. The monoisotopic (exact) mass is 475 g/mol. The number of hydrogen-bond donors (Lipinski definition) is 2. The summed E-state index contributed by atoms with van der Waals surface area (Å²) >= 11 is 0. The number of nitrogens with zero attached hydrogens (tertiary/aromatic N) is 1. The van der Waals surface area contributed by atoms with E-state index < -0.39 is 29.3 Å². The van der Waals surface area contributed by atoms with Gasteiger partial charge in [0.1, 0.15) is 17.7 Å². The van der Waals surface area contributed by atoms with Crippen molar-refractivity contribution in [2.45, 2.75) is 118 Å². The van der Waals surface area contributed by atoms with Crippen LogP contribution in [0.25, 0.3) is 0 Å². The fourth-order valence-corrected chi connectivity index (χ4v) is 3.96. The molecule has 7 nitrogen and oxygen atoms in total. The molecule has 0 aliphatic rings. The number of carbonyl (C=O) groups excluding carboxylic acids is 3. The van der Waals surface area contributed by atoms with E-state index in [0.29, 0.717) is 0 Å². The molecule has 0 aromatic heterocycles. The summed E-state index contributed by atoms with van der Waals surface area (Å²) < 4.78 is 5.33. The smallest absolute Gasteiger partial charge is 0.408 e. The van der Waals surface area contributed by atoms with Crippen molar-refractivity contribution in [3.63, 3.8) is 0 Å². The van der Waals surface area contributed by atoms with Crippen molar-refractivity contribution in [2.24, 2.45) is 0 Å². The van der Waals surface area contributed by atoms with E-state index >= 15 is 0 Å². The maximum atomic E-state index is 13.8. The van der Waals surface area contributed by atoms with Gasteiger partial charge < -0.3 is 20.3 Å². The minimum absolute atomic E-state index is 0.0278. The zero-order valence-electron chi connectivity index (χ0n) is 23.0. The van der Waals surface area contributed by atoms with Crippen molar-refractivity contribution >= 4 is 17.9 Å². The number of benzene rings is 1. The van der Waals surface area contributed by atoms with E-state index in [1.807, 2.05) is 59.7 Å². The number of carbonyl (C=O) groups is 3. The first-order chi connectivity index (χ1) is 15.5. The second-order valence-corrected chi connectivity index (χ2v) is 11.2. The quantitative estimate of drug-likeness (QED) is 0.542. The number of rotatable bonds is 8. The molecule has 0 aliphatic carbocycles. The number of amides is 3. The van der Waals surface area contributed by atoms with Gasteiger partial charge in [-0.15, -0.1) is 0 Å². The predicted molar refractivity (Wildman–Crippen MR) is 137 cm³/mol. The lowest BCUT2D eigenvalue weighted by Crippen LogP contribution is -2.58. The van der Waals surface area contributed by atoms with Crippen LogP contribution in [0.4, 0.5) is 4.79 Å². The van der Waals surface area contributed by atoms with Crippen molar-refractivity contribution in [2.75, 3.05) is 0 Å². The average Bonchev–Trinajstić information content (AvgIpc) is 2.63. The number of nitrogens with one attached hydrogen (secondary N) is 2. The molecule has 3 atom stereocenters. The van der Waals surface area contributed by atoms with Crippen LogP contribution in [-0.2, 0) is 14.3 Å². The number of ether oxygens (including phenoxy) is 1. The van der Waals surface area contributed by atoms with Gasteiger partial charge in [-0.25, -0.2) is 4.79 Å². The largest absolute Gasteiger partial charge is 0.444 e. The molecule has 3 amide bonds. The molecule has 1 aromatic carbocycles. The topological polar surface area (TPSA) is 87.7 Å². The lowest BCUT2D eigenvalue weighted by Gasteiger charge is -2.43. The third-order valence-electron chi connectivity index (χ3n) is 5.40. The molecule has 0 spiro atoms. The van der Waals surface area contributed by atoms with Crippen LogP contribution in [0.5, 0.6) is 0 Å². The summed E-state index contributed by atoms with van der Waals surface area (Å²) in [6.07, 6.45) is 1.10. The Balaban J connectivity index is 3.47. The molecule has 7 heteroatoms. The zero-order chi connectivity index (χ0) is 26.4. The van der Waals surface area contributed by atoms with Crippen LogP contribution in [0, 0.1) is 13.8 Å². The molecule has 0 saturated carbocycles. The minimum Gasteiger partial charge on any atom is -0.444 e. The standard InChI is InChI=1S/C27H45N3O4/c1-12-13-19(4)28-23(31)22(21-15-14-17(2)16-18(21)3)30(26(6,7)8)24(32)20(5)29-25(33)34-27(9,10)11/h14-16,19-20,22H,12-13H2,1-11H3,(H,28,31)(H,29,33). The van der Waals surface area contributed by atoms with Gasteiger partial charge in [0.15, 0.2) is 0 Å². The molecule has 34 heavy (non-hydrogen) atoms. The third kappa shape index (κ3) is 8.65. The molecule has 0 bridgehead atoms. The number of alkyl carbamates (subject to hydrolysis) is 1. The summed E-state index contributed by atoms with van der Waals surface area (Å²) in [5.41, 5.74) is 1.38. The Labute approximate surface area is 206 Å². The summed E-state index contributed by atoms with van der Waals surface area (Å²) in [7, 11) is 0. The van der Waals surface area contributed by atoms with Gasteiger partial charge in [0.05, 0.1) is 0 Å². The van der Waals surface area contributed by atoms with Gasteiger partial charge in [-0.3, -0.25) is 9.59 Å². The molecule has 192 valence electrons. The van der Waals surface area contributed by atoms with Crippen molar-refractivity contribution in [3.05, 3.63) is 34.9 Å². The number of aryl methyl sites for hydroxylation is 2. The van der Waals surface area contributed by atoms with Crippen LogP contribution in [0.2, 0.25) is 0 Å². The van der Waals surface area contributed by atoms with E-state index in [1.54, 1.807) is 32.6 Å². The molecule has 3 unspecified atom stereocenters. The fourth-order valence-electron chi connectivity index (χ4n) is 3.96. The minimum atomic E-state index is -0.886. The summed E-state index contributed by atoms with van der Waals surface area (Å²) in [6, 6.07) is 4.11. The third-order valence-corrected chi connectivity index (χ3v) is 5.40. The average molecular weight is 476 g/mol. The molecule has 1 rings (SSSR count). The van der Waals surface area contributed by atoms with Crippen molar-refractivity contribution in [1.82, 2.24) is 15.5 Å². The SMILES string of the molecule is CCCC(C)NC(=O)C(c1ccc(C)cc1C)N(C(=O)C(C)NC(=O)OC(C)(C)C)C(C)(C)C. The highest BCUT2D eigenvalue weighted by molar-refractivity contribution is 5.92. The Morgan fingerprint density at radius 1 is 1.00 bits per heavy atom. The van der Waals surface area contributed by atoms with Gasteiger partial charge in [0.25, 0.3) is 0 Å². The summed E-state index contributed by atoms with van der Waals surface area (Å²) in [5, 5.41) is 5.73. The second kappa shape index (κ2) is 11.7. The van der Waals surface area contributed by atoms with E-state index in [1.165, 1.54) is 0 Å². The first-order valence-corrected chi connectivity index (χ1v) is 12.2. The molecule has 0 fully saturated rings. The molecule has 0 aliphatic heterocycles. The van der Waals surface area contributed by atoms with E-state index in [0.717, 1.165) is 29.5 Å². The highest BCUT2D eigenvalue weighted by Crippen LogP contribution is 2.32. The fraction of sp³-hybridized carbons (Fsp3) is 0.667. The Morgan fingerprint density at radius 2 is 1.59 bits per heavy atom. The molecule has 0 saturated heterocycles. The Bertz CT molecular complexity index is 868. The molecule has 0 heterocycles. The van der Waals surface area contributed by atoms with Crippen molar-refractivity contribution in [1.29, 1.82) is 0 Å². The van der Waals surface area contributed by atoms with Gasteiger partial charge in [-0.05, 0) is 86.8 Å². The molecular weight excluding hydrogens is 430 g/mol. The Morgan fingerprint density at radius 3 is 2.06 bits per heavy atom. The van der Waals surface area contributed by atoms with Crippen LogP contribution >= 0.6 is 0 Å². The lowest BCUT2D eigenvalue weighted by molar-refractivity contribution is -0.148. The van der Waals surface area contributed by atoms with Gasteiger partial charge in [-0.2, -0.15) is 0 Å². The zero-order valence-corrected chi connectivity index (χ0v) is 23.0. The normalized spacial score (nSPS) is 14.6.